The summed E-state index contributed by atoms with van der Waals surface area (Å²) in [5.74, 6) is 0.753. The second-order valence-corrected chi connectivity index (χ2v) is 9.92. The van der Waals surface area contributed by atoms with Crippen molar-refractivity contribution in [2.75, 3.05) is 6.61 Å². The van der Waals surface area contributed by atoms with E-state index in [0.29, 0.717) is 16.5 Å². The third-order valence-corrected chi connectivity index (χ3v) is 7.93. The van der Waals surface area contributed by atoms with Crippen molar-refractivity contribution in [2.45, 2.75) is 90.2 Å². The predicted octanol–water partition coefficient (Wildman–Crippen LogP) is 6.48. The van der Waals surface area contributed by atoms with E-state index in [9.17, 15) is 4.79 Å². The van der Waals surface area contributed by atoms with Crippen molar-refractivity contribution >= 4 is 22.6 Å². The Labute approximate surface area is 179 Å². The number of rotatable bonds is 4. The number of ether oxygens (including phenoxy) is 1. The summed E-state index contributed by atoms with van der Waals surface area (Å²) in [6, 6.07) is 6.01. The summed E-state index contributed by atoms with van der Waals surface area (Å²) in [6.45, 7) is 5.44. The number of fused-ring (bicyclic) bond motifs is 1. The molecule has 0 amide bonds. The molecule has 1 heterocycles. The lowest BCUT2D eigenvalue weighted by Crippen LogP contribution is -2.36. The summed E-state index contributed by atoms with van der Waals surface area (Å²) in [7, 11) is 0. The van der Waals surface area contributed by atoms with Gasteiger partial charge in [0.1, 0.15) is 0 Å². The minimum Gasteiger partial charge on any atom is -0.379 e. The molecule has 29 heavy (non-hydrogen) atoms. The number of hydrogen-bond donors (Lipinski definition) is 1. The van der Waals surface area contributed by atoms with E-state index in [0.717, 1.165) is 36.4 Å². The van der Waals surface area contributed by atoms with Gasteiger partial charge in [0, 0.05) is 17.7 Å². The van der Waals surface area contributed by atoms with E-state index >= 15 is 0 Å². The lowest BCUT2D eigenvalue weighted by atomic mass is 9.63. The molecule has 4 nitrogen and oxygen atoms in total. The summed E-state index contributed by atoms with van der Waals surface area (Å²) in [6.07, 6.45) is 12.6. The molecule has 2 aliphatic carbocycles. The Bertz CT molecular complexity index is 879. The van der Waals surface area contributed by atoms with E-state index in [1.165, 1.54) is 51.4 Å². The van der Waals surface area contributed by atoms with Gasteiger partial charge in [-0.2, -0.15) is 0 Å². The smallest absolute Gasteiger partial charge is 0.326 e. The van der Waals surface area contributed by atoms with Gasteiger partial charge in [-0.25, -0.2) is 4.79 Å². The topological polar surface area (TPSA) is 47.0 Å². The second-order valence-electron chi connectivity index (χ2n) is 9.48. The van der Waals surface area contributed by atoms with Crippen LogP contribution in [-0.2, 0) is 4.74 Å². The Balaban J connectivity index is 1.50. The molecule has 160 valence electrons. The maximum absolute atomic E-state index is 12.7. The Hall–Kier alpha value is -1.26. The fraction of sp³-hybridized carbons (Fsp3) is 0.708. The van der Waals surface area contributed by atoms with Gasteiger partial charge in [-0.15, -0.1) is 0 Å². The maximum atomic E-state index is 12.7. The summed E-state index contributed by atoms with van der Waals surface area (Å²) in [5.41, 5.74) is 2.27. The number of nitrogens with zero attached hydrogens (tertiary/aromatic N) is 1. The molecule has 0 spiro atoms. The minimum absolute atomic E-state index is 0.00724. The zero-order chi connectivity index (χ0) is 20.4. The molecular weight excluding hydrogens is 384 g/mol. The molecular formula is C24H35ClN2O2. The number of imidazole rings is 1. The number of benzene rings is 1. The van der Waals surface area contributed by atoms with E-state index < -0.39 is 0 Å². The third-order valence-electron chi connectivity index (χ3n) is 7.69. The molecule has 2 fully saturated rings. The van der Waals surface area contributed by atoms with Gasteiger partial charge in [-0.1, -0.05) is 31.4 Å². The van der Waals surface area contributed by atoms with Crippen molar-refractivity contribution < 1.29 is 4.74 Å². The van der Waals surface area contributed by atoms with Gasteiger partial charge in [-0.3, -0.25) is 4.57 Å². The van der Waals surface area contributed by atoms with Crippen molar-refractivity contribution in [1.82, 2.24) is 9.55 Å². The van der Waals surface area contributed by atoms with E-state index in [-0.39, 0.29) is 11.7 Å². The van der Waals surface area contributed by atoms with E-state index in [1.54, 1.807) is 0 Å². The lowest BCUT2D eigenvalue weighted by Gasteiger charge is -2.44. The highest BCUT2D eigenvalue weighted by atomic mass is 35.5. The molecule has 0 bridgehead atoms. The fourth-order valence-corrected chi connectivity index (χ4v) is 6.11. The standard InChI is InChI=1S/C24H35ClN2O2/c1-3-29-20-12-14-24(2,15-13-20)17-6-4-5-7-19(10-8-17)27-22-11-9-18(25)16-21(22)26-23(27)28/h9,11,16-17,19-20H,3-8,10,12-15H2,1-2H3,(H,26,28). The molecule has 1 N–H and O–H groups in total. The maximum Gasteiger partial charge on any atom is 0.326 e. The average Bonchev–Trinajstić information content (AvgIpc) is 2.99. The van der Waals surface area contributed by atoms with Crippen molar-refractivity contribution in [3.8, 4) is 0 Å². The van der Waals surface area contributed by atoms with Gasteiger partial charge in [-0.05, 0) is 87.8 Å². The summed E-state index contributed by atoms with van der Waals surface area (Å²) >= 11 is 6.12. The first-order valence-electron chi connectivity index (χ1n) is 11.5. The highest BCUT2D eigenvalue weighted by Gasteiger charge is 2.38. The van der Waals surface area contributed by atoms with Crippen LogP contribution in [0, 0.1) is 11.3 Å². The molecule has 5 heteroatoms. The van der Waals surface area contributed by atoms with Crippen LogP contribution in [-0.4, -0.2) is 22.3 Å². The van der Waals surface area contributed by atoms with Crippen LogP contribution in [0.15, 0.2) is 23.0 Å². The SMILES string of the molecule is CCOC1CCC(C)(C2CCCCC(n3c(=O)[nH]c4cc(Cl)ccc43)CC2)CC1. The largest absolute Gasteiger partial charge is 0.379 e. The zero-order valence-corrected chi connectivity index (χ0v) is 18.6. The highest BCUT2D eigenvalue weighted by molar-refractivity contribution is 6.31. The van der Waals surface area contributed by atoms with Crippen LogP contribution in [0.5, 0.6) is 0 Å². The molecule has 1 aromatic heterocycles. The average molecular weight is 419 g/mol. The first-order valence-corrected chi connectivity index (χ1v) is 11.9. The van der Waals surface area contributed by atoms with Crippen LogP contribution >= 0.6 is 11.6 Å². The van der Waals surface area contributed by atoms with Crippen LogP contribution in [0.3, 0.4) is 0 Å². The van der Waals surface area contributed by atoms with Gasteiger partial charge in [0.25, 0.3) is 0 Å². The predicted molar refractivity (Wildman–Crippen MR) is 120 cm³/mol. The van der Waals surface area contributed by atoms with Crippen molar-refractivity contribution in [3.63, 3.8) is 0 Å². The highest BCUT2D eigenvalue weighted by Crippen LogP contribution is 2.48. The zero-order valence-electron chi connectivity index (χ0n) is 17.9. The van der Waals surface area contributed by atoms with Gasteiger partial charge in [0.15, 0.2) is 0 Å². The molecule has 2 saturated carbocycles. The summed E-state index contributed by atoms with van der Waals surface area (Å²) in [5, 5.41) is 0.666. The fourth-order valence-electron chi connectivity index (χ4n) is 5.94. The molecule has 0 radical (unpaired) electrons. The van der Waals surface area contributed by atoms with Gasteiger partial charge in [0.05, 0.1) is 17.1 Å². The molecule has 2 unspecified atom stereocenters. The Kier molecular flexibility index (Phi) is 6.41. The van der Waals surface area contributed by atoms with Crippen LogP contribution in [0.25, 0.3) is 11.0 Å². The van der Waals surface area contributed by atoms with Crippen molar-refractivity contribution in [3.05, 3.63) is 33.7 Å². The molecule has 0 saturated heterocycles. The Morgan fingerprint density at radius 1 is 1.14 bits per heavy atom. The first kappa shape index (κ1) is 21.0. The number of aromatic nitrogens is 2. The van der Waals surface area contributed by atoms with Gasteiger partial charge < -0.3 is 9.72 Å². The molecule has 1 aromatic carbocycles. The number of nitrogens with one attached hydrogen (secondary N) is 1. The van der Waals surface area contributed by atoms with Crippen LogP contribution in [0.4, 0.5) is 0 Å². The van der Waals surface area contributed by atoms with E-state index in [2.05, 4.69) is 18.8 Å². The summed E-state index contributed by atoms with van der Waals surface area (Å²) in [4.78, 5) is 15.8. The number of H-pyrrole nitrogens is 1. The quantitative estimate of drug-likeness (QED) is 0.617. The van der Waals surface area contributed by atoms with E-state index in [1.807, 2.05) is 22.8 Å². The van der Waals surface area contributed by atoms with Crippen LogP contribution in [0.2, 0.25) is 5.02 Å². The van der Waals surface area contributed by atoms with Crippen LogP contribution in [0.1, 0.15) is 84.1 Å². The summed E-state index contributed by atoms with van der Waals surface area (Å²) < 4.78 is 7.89. The molecule has 4 rings (SSSR count). The van der Waals surface area contributed by atoms with Gasteiger partial charge in [0.2, 0.25) is 0 Å². The second kappa shape index (κ2) is 8.85. The molecule has 2 aliphatic rings. The third kappa shape index (κ3) is 4.44. The number of hydrogen-bond acceptors (Lipinski definition) is 2. The normalized spacial score (nSPS) is 31.5. The Morgan fingerprint density at radius 2 is 1.90 bits per heavy atom. The number of aromatic amines is 1. The molecule has 2 aromatic rings. The van der Waals surface area contributed by atoms with Crippen molar-refractivity contribution in [1.29, 1.82) is 0 Å². The number of halogens is 1. The monoisotopic (exact) mass is 418 g/mol. The molecule has 0 aliphatic heterocycles. The lowest BCUT2D eigenvalue weighted by molar-refractivity contribution is -0.0158. The van der Waals surface area contributed by atoms with E-state index in [4.69, 9.17) is 16.3 Å². The minimum atomic E-state index is 0.00724. The van der Waals surface area contributed by atoms with Crippen molar-refractivity contribution in [2.24, 2.45) is 11.3 Å². The van der Waals surface area contributed by atoms with Crippen LogP contribution < -0.4 is 5.69 Å². The molecule has 2 atom stereocenters. The first-order chi connectivity index (χ1) is 14.0. The van der Waals surface area contributed by atoms with Gasteiger partial charge >= 0.3 is 5.69 Å². The Morgan fingerprint density at radius 3 is 2.66 bits per heavy atom.